The van der Waals surface area contributed by atoms with Gasteiger partial charge in [0.05, 0.1) is 12.2 Å². The lowest BCUT2D eigenvalue weighted by molar-refractivity contribution is -0.122. The summed E-state index contributed by atoms with van der Waals surface area (Å²) in [6.45, 7) is 7.97. The molecule has 126 valence electrons. The first-order valence-corrected chi connectivity index (χ1v) is 7.90. The molecule has 1 aliphatic rings. The summed E-state index contributed by atoms with van der Waals surface area (Å²) < 4.78 is 0. The number of nitrogens with one attached hydrogen (secondary N) is 1. The Morgan fingerprint density at radius 2 is 1.78 bits per heavy atom. The van der Waals surface area contributed by atoms with Gasteiger partial charge in [0.2, 0.25) is 5.91 Å². The zero-order chi connectivity index (χ0) is 16.8. The molecule has 0 spiro atoms. The Morgan fingerprint density at radius 3 is 2.30 bits per heavy atom. The maximum absolute atomic E-state index is 11.8. The van der Waals surface area contributed by atoms with Crippen LogP contribution in [0.3, 0.4) is 0 Å². The van der Waals surface area contributed by atoms with Gasteiger partial charge in [-0.2, -0.15) is 0 Å². The summed E-state index contributed by atoms with van der Waals surface area (Å²) >= 11 is 0. The molecule has 1 fully saturated rings. The monoisotopic (exact) mass is 318 g/mol. The molecule has 23 heavy (non-hydrogen) atoms. The molecule has 1 saturated heterocycles. The van der Waals surface area contributed by atoms with Crippen molar-refractivity contribution in [2.24, 2.45) is 16.5 Å². The molecular formula is C16H26N6O. The van der Waals surface area contributed by atoms with E-state index in [0.29, 0.717) is 6.54 Å². The third-order valence-electron chi connectivity index (χ3n) is 3.66. The smallest absolute Gasteiger partial charge is 0.234 e. The highest BCUT2D eigenvalue weighted by atomic mass is 16.2. The molecule has 0 saturated carbocycles. The molecule has 1 aromatic rings. The van der Waals surface area contributed by atoms with Gasteiger partial charge in [-0.1, -0.05) is 0 Å². The van der Waals surface area contributed by atoms with Crippen molar-refractivity contribution in [2.75, 3.05) is 37.6 Å². The van der Waals surface area contributed by atoms with E-state index in [-0.39, 0.29) is 17.9 Å². The van der Waals surface area contributed by atoms with Crippen molar-refractivity contribution < 1.29 is 4.79 Å². The van der Waals surface area contributed by atoms with Gasteiger partial charge in [-0.05, 0) is 38.1 Å². The zero-order valence-corrected chi connectivity index (χ0v) is 13.8. The highest BCUT2D eigenvalue weighted by Crippen LogP contribution is 2.20. The minimum Gasteiger partial charge on any atom is -0.370 e. The molecule has 0 aliphatic carbocycles. The maximum Gasteiger partial charge on any atom is 0.234 e. The van der Waals surface area contributed by atoms with Crippen LogP contribution in [0.1, 0.15) is 13.8 Å². The van der Waals surface area contributed by atoms with Crippen LogP contribution in [0.5, 0.6) is 0 Å². The molecular weight excluding hydrogens is 292 g/mol. The summed E-state index contributed by atoms with van der Waals surface area (Å²) in [4.78, 5) is 20.3. The van der Waals surface area contributed by atoms with Crippen LogP contribution in [0.4, 0.5) is 11.4 Å². The van der Waals surface area contributed by atoms with E-state index in [1.807, 2.05) is 38.1 Å². The van der Waals surface area contributed by atoms with Crippen LogP contribution in [0.25, 0.3) is 0 Å². The maximum atomic E-state index is 11.8. The topological polar surface area (TPSA) is 100.0 Å². The number of benzene rings is 1. The molecule has 0 aromatic heterocycles. The van der Waals surface area contributed by atoms with Crippen molar-refractivity contribution in [3.63, 3.8) is 0 Å². The molecule has 0 radical (unpaired) electrons. The van der Waals surface area contributed by atoms with E-state index < -0.39 is 0 Å². The second kappa shape index (κ2) is 7.82. The number of hydrogen-bond acceptors (Lipinski definition) is 4. The summed E-state index contributed by atoms with van der Waals surface area (Å²) in [5, 5.41) is 2.93. The average Bonchev–Trinajstić information content (AvgIpc) is 2.47. The van der Waals surface area contributed by atoms with Gasteiger partial charge in [0.15, 0.2) is 5.96 Å². The Labute approximate surface area is 137 Å². The normalized spacial score (nSPS) is 15.5. The van der Waals surface area contributed by atoms with Crippen LogP contribution in [-0.2, 0) is 4.79 Å². The van der Waals surface area contributed by atoms with Crippen LogP contribution >= 0.6 is 0 Å². The summed E-state index contributed by atoms with van der Waals surface area (Å²) in [5.74, 6) is 0.154. The van der Waals surface area contributed by atoms with Crippen LogP contribution in [0, 0.1) is 0 Å². The predicted octanol–water partition coefficient (Wildman–Crippen LogP) is 0.238. The summed E-state index contributed by atoms with van der Waals surface area (Å²) in [5.41, 5.74) is 12.6. The number of aliphatic imine (C=N–C) groups is 1. The number of rotatable bonds is 5. The van der Waals surface area contributed by atoms with Gasteiger partial charge in [0.1, 0.15) is 0 Å². The number of carbonyl (C=O) groups is 1. The first kappa shape index (κ1) is 17.1. The average molecular weight is 318 g/mol. The standard InChI is InChI=1S/C16H26N6O/c1-12(2)19-15(23)11-21-7-9-22(10-8-21)14-5-3-13(4-6-14)20-16(17)18/h3-6,12H,7-11H2,1-2H3,(H,19,23)(H4,17,18,20). The SMILES string of the molecule is CC(C)NC(=O)CN1CCN(c2ccc(N=C(N)N)cc2)CC1. The highest BCUT2D eigenvalue weighted by Gasteiger charge is 2.19. The molecule has 1 aliphatic heterocycles. The molecule has 7 nitrogen and oxygen atoms in total. The van der Waals surface area contributed by atoms with Crippen LogP contribution < -0.4 is 21.7 Å². The molecule has 0 atom stereocenters. The van der Waals surface area contributed by atoms with Gasteiger partial charge in [-0.3, -0.25) is 9.69 Å². The Morgan fingerprint density at radius 1 is 1.17 bits per heavy atom. The number of nitrogens with two attached hydrogens (primary N) is 2. The number of amides is 1. The molecule has 2 rings (SSSR count). The Bertz CT molecular complexity index is 542. The van der Waals surface area contributed by atoms with E-state index >= 15 is 0 Å². The van der Waals surface area contributed by atoms with Gasteiger partial charge in [0.25, 0.3) is 0 Å². The van der Waals surface area contributed by atoms with Gasteiger partial charge in [0, 0.05) is 37.9 Å². The van der Waals surface area contributed by atoms with Crippen LogP contribution in [-0.4, -0.2) is 55.5 Å². The molecule has 0 bridgehead atoms. The molecule has 5 N–H and O–H groups in total. The van der Waals surface area contributed by atoms with Crippen LogP contribution in [0.2, 0.25) is 0 Å². The summed E-state index contributed by atoms with van der Waals surface area (Å²) in [7, 11) is 0. The fourth-order valence-electron chi connectivity index (χ4n) is 2.62. The molecule has 7 heteroatoms. The fraction of sp³-hybridized carbons (Fsp3) is 0.500. The van der Waals surface area contributed by atoms with E-state index in [1.54, 1.807) is 0 Å². The molecule has 1 aromatic carbocycles. The largest absolute Gasteiger partial charge is 0.370 e. The van der Waals surface area contributed by atoms with Gasteiger partial charge in [-0.15, -0.1) is 0 Å². The van der Waals surface area contributed by atoms with Crippen molar-refractivity contribution in [3.8, 4) is 0 Å². The summed E-state index contributed by atoms with van der Waals surface area (Å²) in [6, 6.07) is 8.02. The number of carbonyl (C=O) groups excluding carboxylic acids is 1. The third kappa shape index (κ3) is 5.45. The van der Waals surface area contributed by atoms with E-state index in [4.69, 9.17) is 11.5 Å². The lowest BCUT2D eigenvalue weighted by Crippen LogP contribution is -2.50. The molecule has 1 heterocycles. The van der Waals surface area contributed by atoms with Gasteiger partial charge >= 0.3 is 0 Å². The predicted molar refractivity (Wildman–Crippen MR) is 93.8 cm³/mol. The van der Waals surface area contributed by atoms with E-state index in [2.05, 4.69) is 20.1 Å². The highest BCUT2D eigenvalue weighted by molar-refractivity contribution is 5.79. The number of piperazine rings is 1. The Kier molecular flexibility index (Phi) is 5.81. The molecule has 0 unspecified atom stereocenters. The zero-order valence-electron chi connectivity index (χ0n) is 13.8. The first-order valence-electron chi connectivity index (χ1n) is 7.90. The Hall–Kier alpha value is -2.28. The number of nitrogens with zero attached hydrogens (tertiary/aromatic N) is 3. The number of hydrogen-bond donors (Lipinski definition) is 3. The lowest BCUT2D eigenvalue weighted by Gasteiger charge is -2.35. The van der Waals surface area contributed by atoms with Crippen molar-refractivity contribution >= 4 is 23.2 Å². The lowest BCUT2D eigenvalue weighted by atomic mass is 10.2. The molecule has 1 amide bonds. The van der Waals surface area contributed by atoms with Crippen molar-refractivity contribution in [3.05, 3.63) is 24.3 Å². The third-order valence-corrected chi connectivity index (χ3v) is 3.66. The number of anilines is 1. The second-order valence-corrected chi connectivity index (χ2v) is 6.04. The van der Waals surface area contributed by atoms with Gasteiger partial charge in [-0.25, -0.2) is 4.99 Å². The van der Waals surface area contributed by atoms with Gasteiger partial charge < -0.3 is 21.7 Å². The fourth-order valence-corrected chi connectivity index (χ4v) is 2.62. The minimum absolute atomic E-state index is 0.0611. The minimum atomic E-state index is 0.0611. The van der Waals surface area contributed by atoms with E-state index in [0.717, 1.165) is 37.6 Å². The summed E-state index contributed by atoms with van der Waals surface area (Å²) in [6.07, 6.45) is 0. The van der Waals surface area contributed by atoms with E-state index in [9.17, 15) is 4.79 Å². The first-order chi connectivity index (χ1) is 10.9. The Balaban J connectivity index is 1.84. The van der Waals surface area contributed by atoms with E-state index in [1.165, 1.54) is 0 Å². The quantitative estimate of drug-likeness (QED) is 0.533. The second-order valence-electron chi connectivity index (χ2n) is 6.04. The number of guanidine groups is 1. The van der Waals surface area contributed by atoms with Crippen molar-refractivity contribution in [1.82, 2.24) is 10.2 Å². The van der Waals surface area contributed by atoms with Crippen molar-refractivity contribution in [2.45, 2.75) is 19.9 Å². The van der Waals surface area contributed by atoms with Crippen molar-refractivity contribution in [1.29, 1.82) is 0 Å². The van der Waals surface area contributed by atoms with Crippen LogP contribution in [0.15, 0.2) is 29.3 Å².